The molecule has 0 saturated carbocycles. The molecule has 0 aliphatic rings. The second-order valence-corrected chi connectivity index (χ2v) is 3.87. The van der Waals surface area contributed by atoms with Gasteiger partial charge in [0.05, 0.1) is 18.1 Å². The maximum atomic E-state index is 5.55. The van der Waals surface area contributed by atoms with Crippen LogP contribution in [0.15, 0.2) is 12.5 Å². The van der Waals surface area contributed by atoms with Crippen LogP contribution in [0.3, 0.4) is 0 Å². The number of imidazole rings is 1. The van der Waals surface area contributed by atoms with Crippen molar-refractivity contribution in [3.05, 3.63) is 18.2 Å². The van der Waals surface area contributed by atoms with Crippen molar-refractivity contribution in [2.45, 2.75) is 32.7 Å². The number of nitrogens with one attached hydrogen (secondary N) is 1. The predicted molar refractivity (Wildman–Crippen MR) is 57.3 cm³/mol. The first kappa shape index (κ1) is 11.2. The molecule has 0 saturated heterocycles. The van der Waals surface area contributed by atoms with Crippen LogP contribution in [0.25, 0.3) is 0 Å². The van der Waals surface area contributed by atoms with Crippen molar-refractivity contribution in [3.63, 3.8) is 0 Å². The van der Waals surface area contributed by atoms with E-state index in [9.17, 15) is 0 Å². The van der Waals surface area contributed by atoms with Crippen LogP contribution < -0.4 is 11.3 Å². The van der Waals surface area contributed by atoms with E-state index in [1.54, 1.807) is 6.33 Å². The summed E-state index contributed by atoms with van der Waals surface area (Å²) in [5.41, 5.74) is 3.86. The summed E-state index contributed by atoms with van der Waals surface area (Å²) in [6.07, 6.45) is 6.15. The lowest BCUT2D eigenvalue weighted by Gasteiger charge is -2.20. The average molecular weight is 196 g/mol. The zero-order valence-electron chi connectivity index (χ0n) is 9.20. The zero-order chi connectivity index (χ0) is 10.6. The van der Waals surface area contributed by atoms with Gasteiger partial charge in [-0.1, -0.05) is 20.3 Å². The fraction of sp³-hybridized carbons (Fsp3) is 0.700. The third-order valence-corrected chi connectivity index (χ3v) is 2.54. The number of hydrogen-bond donors (Lipinski definition) is 2. The van der Waals surface area contributed by atoms with Crippen LogP contribution >= 0.6 is 0 Å². The molecular weight excluding hydrogens is 176 g/mol. The molecule has 1 heterocycles. The zero-order valence-corrected chi connectivity index (χ0v) is 9.20. The molecule has 1 aromatic rings. The minimum atomic E-state index is 0.163. The predicted octanol–water partition coefficient (Wildman–Crippen LogP) is 1.36. The number of aryl methyl sites for hydroxylation is 1. The van der Waals surface area contributed by atoms with Gasteiger partial charge in [-0.25, -0.2) is 4.98 Å². The minimum absolute atomic E-state index is 0.163. The molecule has 0 amide bonds. The van der Waals surface area contributed by atoms with E-state index in [0.717, 1.165) is 12.1 Å². The molecule has 0 fully saturated rings. The summed E-state index contributed by atoms with van der Waals surface area (Å²) in [5, 5.41) is 0. The van der Waals surface area contributed by atoms with Gasteiger partial charge in [-0.05, 0) is 12.3 Å². The molecule has 0 bridgehead atoms. The van der Waals surface area contributed by atoms with Crippen molar-refractivity contribution in [2.75, 3.05) is 0 Å². The second kappa shape index (κ2) is 5.12. The quantitative estimate of drug-likeness (QED) is 0.552. The lowest BCUT2D eigenvalue weighted by atomic mass is 9.95. The van der Waals surface area contributed by atoms with E-state index >= 15 is 0 Å². The van der Waals surface area contributed by atoms with E-state index in [2.05, 4.69) is 24.3 Å². The first-order valence-corrected chi connectivity index (χ1v) is 5.13. The van der Waals surface area contributed by atoms with Crippen molar-refractivity contribution < 1.29 is 0 Å². The fourth-order valence-electron chi connectivity index (χ4n) is 1.76. The Kier molecular flexibility index (Phi) is 4.10. The van der Waals surface area contributed by atoms with Crippen molar-refractivity contribution >= 4 is 0 Å². The molecule has 3 N–H and O–H groups in total. The molecule has 0 spiro atoms. The van der Waals surface area contributed by atoms with Gasteiger partial charge in [-0.3, -0.25) is 11.3 Å². The maximum absolute atomic E-state index is 5.55. The Labute approximate surface area is 85.5 Å². The lowest BCUT2D eigenvalue weighted by molar-refractivity contribution is 0.362. The highest BCUT2D eigenvalue weighted by Gasteiger charge is 2.18. The lowest BCUT2D eigenvalue weighted by Crippen LogP contribution is -2.32. The van der Waals surface area contributed by atoms with Crippen LogP contribution in [0, 0.1) is 5.92 Å². The van der Waals surface area contributed by atoms with E-state index in [-0.39, 0.29) is 6.04 Å². The van der Waals surface area contributed by atoms with Gasteiger partial charge >= 0.3 is 0 Å². The van der Waals surface area contributed by atoms with E-state index in [0.29, 0.717) is 5.92 Å². The number of rotatable bonds is 5. The topological polar surface area (TPSA) is 55.9 Å². The summed E-state index contributed by atoms with van der Waals surface area (Å²) in [7, 11) is 1.97. The third kappa shape index (κ3) is 2.56. The van der Waals surface area contributed by atoms with Crippen LogP contribution in [0.5, 0.6) is 0 Å². The SMILES string of the molecule is CCCC(C)C(NN)c1cn(C)cn1. The number of hydrazine groups is 1. The summed E-state index contributed by atoms with van der Waals surface area (Å²) < 4.78 is 1.94. The average Bonchev–Trinajstić information content (AvgIpc) is 2.54. The van der Waals surface area contributed by atoms with Gasteiger partial charge in [0.15, 0.2) is 0 Å². The molecule has 1 aromatic heterocycles. The Morgan fingerprint density at radius 2 is 2.36 bits per heavy atom. The summed E-state index contributed by atoms with van der Waals surface area (Å²) >= 11 is 0. The Balaban J connectivity index is 2.71. The maximum Gasteiger partial charge on any atom is 0.0947 e. The monoisotopic (exact) mass is 196 g/mol. The molecule has 80 valence electrons. The highest BCUT2D eigenvalue weighted by molar-refractivity contribution is 5.04. The smallest absolute Gasteiger partial charge is 0.0947 e. The molecule has 14 heavy (non-hydrogen) atoms. The molecule has 0 radical (unpaired) electrons. The summed E-state index contributed by atoms with van der Waals surface area (Å²) in [4.78, 5) is 4.31. The summed E-state index contributed by atoms with van der Waals surface area (Å²) in [6.45, 7) is 4.38. The fourth-order valence-corrected chi connectivity index (χ4v) is 1.76. The molecule has 2 atom stereocenters. The van der Waals surface area contributed by atoms with Crippen LogP contribution in [0.1, 0.15) is 38.4 Å². The van der Waals surface area contributed by atoms with Crippen LogP contribution in [0.4, 0.5) is 0 Å². The van der Waals surface area contributed by atoms with Crippen molar-refractivity contribution in [3.8, 4) is 0 Å². The standard InChI is InChI=1S/C10H20N4/c1-4-5-8(2)10(13-11)9-6-14(3)7-12-9/h6-8,10,13H,4-5,11H2,1-3H3. The number of nitrogens with zero attached hydrogens (tertiary/aromatic N) is 2. The van der Waals surface area contributed by atoms with E-state index in [1.165, 1.54) is 6.42 Å². The number of aromatic nitrogens is 2. The van der Waals surface area contributed by atoms with E-state index < -0.39 is 0 Å². The Hall–Kier alpha value is -0.870. The molecule has 4 nitrogen and oxygen atoms in total. The molecule has 0 aliphatic heterocycles. The Bertz CT molecular complexity index is 269. The Morgan fingerprint density at radius 3 is 2.79 bits per heavy atom. The molecule has 0 aromatic carbocycles. The van der Waals surface area contributed by atoms with Crippen molar-refractivity contribution in [1.29, 1.82) is 0 Å². The van der Waals surface area contributed by atoms with Crippen LogP contribution in [-0.2, 0) is 7.05 Å². The first-order chi connectivity index (χ1) is 6.69. The summed E-state index contributed by atoms with van der Waals surface area (Å²) in [5.74, 6) is 6.06. The minimum Gasteiger partial charge on any atom is -0.340 e. The second-order valence-electron chi connectivity index (χ2n) is 3.87. The third-order valence-electron chi connectivity index (χ3n) is 2.54. The molecule has 2 unspecified atom stereocenters. The summed E-state index contributed by atoms with van der Waals surface area (Å²) in [6, 6.07) is 0.163. The normalized spacial score (nSPS) is 15.4. The van der Waals surface area contributed by atoms with Crippen molar-refractivity contribution in [1.82, 2.24) is 15.0 Å². The van der Waals surface area contributed by atoms with E-state index in [1.807, 2.05) is 17.8 Å². The highest BCUT2D eigenvalue weighted by Crippen LogP contribution is 2.22. The van der Waals surface area contributed by atoms with Gasteiger partial charge in [0.1, 0.15) is 0 Å². The first-order valence-electron chi connectivity index (χ1n) is 5.13. The number of hydrogen-bond acceptors (Lipinski definition) is 3. The van der Waals surface area contributed by atoms with Gasteiger partial charge in [0.25, 0.3) is 0 Å². The van der Waals surface area contributed by atoms with Gasteiger partial charge in [-0.2, -0.15) is 0 Å². The van der Waals surface area contributed by atoms with Crippen molar-refractivity contribution in [2.24, 2.45) is 18.8 Å². The van der Waals surface area contributed by atoms with Crippen LogP contribution in [-0.4, -0.2) is 9.55 Å². The largest absolute Gasteiger partial charge is 0.340 e. The molecule has 0 aliphatic carbocycles. The number of nitrogens with two attached hydrogens (primary N) is 1. The van der Waals surface area contributed by atoms with E-state index in [4.69, 9.17) is 5.84 Å². The van der Waals surface area contributed by atoms with Gasteiger partial charge in [0, 0.05) is 13.2 Å². The van der Waals surface area contributed by atoms with Crippen LogP contribution in [0.2, 0.25) is 0 Å². The highest BCUT2D eigenvalue weighted by atomic mass is 15.2. The van der Waals surface area contributed by atoms with Gasteiger partial charge < -0.3 is 4.57 Å². The molecule has 4 heteroatoms. The van der Waals surface area contributed by atoms with Gasteiger partial charge in [0.2, 0.25) is 0 Å². The molecular formula is C10H20N4. The van der Waals surface area contributed by atoms with Gasteiger partial charge in [-0.15, -0.1) is 0 Å². The molecule has 1 rings (SSSR count). The Morgan fingerprint density at radius 1 is 1.64 bits per heavy atom.